The molecule has 0 aliphatic rings. The fraction of sp³-hybridized carbons (Fsp3) is 0.278. The number of nitrogens with one attached hydrogen (secondary N) is 2. The van der Waals surface area contributed by atoms with E-state index in [9.17, 15) is 14.9 Å². The van der Waals surface area contributed by atoms with E-state index in [1.807, 2.05) is 39.8 Å². The minimum Gasteiger partial charge on any atom is -0.457 e. The number of anilines is 1. The highest BCUT2D eigenvalue weighted by atomic mass is 16.6. The first-order valence-electron chi connectivity index (χ1n) is 7.87. The van der Waals surface area contributed by atoms with E-state index in [1.165, 1.54) is 12.1 Å². The Labute approximate surface area is 146 Å². The molecule has 0 fully saturated rings. The Morgan fingerprint density at radius 2 is 1.76 bits per heavy atom. The van der Waals surface area contributed by atoms with Gasteiger partial charge in [0.1, 0.15) is 11.5 Å². The van der Waals surface area contributed by atoms with Crippen LogP contribution in [0.4, 0.5) is 16.2 Å². The van der Waals surface area contributed by atoms with E-state index in [0.717, 1.165) is 11.1 Å². The van der Waals surface area contributed by atoms with Crippen molar-refractivity contribution in [3.63, 3.8) is 0 Å². The summed E-state index contributed by atoms with van der Waals surface area (Å²) in [5, 5.41) is 16.3. The Morgan fingerprint density at radius 3 is 2.32 bits per heavy atom. The van der Waals surface area contributed by atoms with E-state index in [4.69, 9.17) is 4.74 Å². The minimum absolute atomic E-state index is 0.0102. The second-order valence-corrected chi connectivity index (χ2v) is 6.04. The van der Waals surface area contributed by atoms with Gasteiger partial charge in [0.25, 0.3) is 5.69 Å². The number of non-ortho nitro benzene ring substituents is 1. The molecule has 0 radical (unpaired) electrons. The summed E-state index contributed by atoms with van der Waals surface area (Å²) in [4.78, 5) is 22.1. The standard InChI is InChI=1S/C18H21N3O4/c1-11(2)19-18(22)20-16-9-13(4)17(10-12(16)3)25-15-7-5-14(6-8-15)21(23)24/h5-11H,1-4H3,(H2,19,20,22). The van der Waals surface area contributed by atoms with E-state index in [2.05, 4.69) is 10.6 Å². The Morgan fingerprint density at radius 1 is 1.12 bits per heavy atom. The summed E-state index contributed by atoms with van der Waals surface area (Å²) in [5.74, 6) is 1.13. The number of nitrogens with zero attached hydrogens (tertiary/aromatic N) is 1. The molecule has 0 spiro atoms. The molecule has 0 unspecified atom stereocenters. The third kappa shape index (κ3) is 4.94. The number of carbonyl (C=O) groups excluding carboxylic acids is 1. The third-order valence-corrected chi connectivity index (χ3v) is 3.47. The minimum atomic E-state index is -0.457. The lowest BCUT2D eigenvalue weighted by Crippen LogP contribution is -2.34. The summed E-state index contributed by atoms with van der Waals surface area (Å²) in [6.07, 6.45) is 0. The van der Waals surface area contributed by atoms with Crippen LogP contribution >= 0.6 is 0 Å². The maximum Gasteiger partial charge on any atom is 0.319 e. The molecular weight excluding hydrogens is 322 g/mol. The Hall–Kier alpha value is -3.09. The van der Waals surface area contributed by atoms with Crippen molar-refractivity contribution >= 4 is 17.4 Å². The van der Waals surface area contributed by atoms with Crippen molar-refractivity contribution in [2.24, 2.45) is 0 Å². The number of nitro benzene ring substituents is 1. The number of carbonyl (C=O) groups is 1. The van der Waals surface area contributed by atoms with E-state index in [-0.39, 0.29) is 17.8 Å². The summed E-state index contributed by atoms with van der Waals surface area (Å²) >= 11 is 0. The van der Waals surface area contributed by atoms with Gasteiger partial charge in [0.2, 0.25) is 0 Å². The maximum absolute atomic E-state index is 11.8. The van der Waals surface area contributed by atoms with E-state index >= 15 is 0 Å². The average molecular weight is 343 g/mol. The van der Waals surface area contributed by atoms with Crippen LogP contribution in [-0.2, 0) is 0 Å². The molecule has 7 heteroatoms. The van der Waals surface area contributed by atoms with Gasteiger partial charge in [0.15, 0.2) is 0 Å². The van der Waals surface area contributed by atoms with Gasteiger partial charge in [-0.1, -0.05) is 0 Å². The zero-order chi connectivity index (χ0) is 18.6. The average Bonchev–Trinajstić information content (AvgIpc) is 2.52. The van der Waals surface area contributed by atoms with Gasteiger partial charge in [-0.25, -0.2) is 4.79 Å². The van der Waals surface area contributed by atoms with Gasteiger partial charge in [-0.15, -0.1) is 0 Å². The van der Waals surface area contributed by atoms with Gasteiger partial charge in [0.05, 0.1) is 4.92 Å². The lowest BCUT2D eigenvalue weighted by Gasteiger charge is -2.15. The largest absolute Gasteiger partial charge is 0.457 e. The molecule has 7 nitrogen and oxygen atoms in total. The van der Waals surface area contributed by atoms with Gasteiger partial charge in [-0.2, -0.15) is 0 Å². The normalized spacial score (nSPS) is 10.4. The fourth-order valence-electron chi connectivity index (χ4n) is 2.22. The Balaban J connectivity index is 2.16. The first-order valence-corrected chi connectivity index (χ1v) is 7.87. The highest BCUT2D eigenvalue weighted by Gasteiger charge is 2.11. The summed E-state index contributed by atoms with van der Waals surface area (Å²) < 4.78 is 5.80. The molecule has 2 amide bonds. The smallest absolute Gasteiger partial charge is 0.319 e. The molecule has 0 atom stereocenters. The number of hydrogen-bond donors (Lipinski definition) is 2. The SMILES string of the molecule is Cc1cc(Oc2ccc([N+](=O)[O-])cc2)c(C)cc1NC(=O)NC(C)C. The summed E-state index contributed by atoms with van der Waals surface area (Å²) in [6.45, 7) is 7.51. The highest BCUT2D eigenvalue weighted by Crippen LogP contribution is 2.31. The highest BCUT2D eigenvalue weighted by molar-refractivity contribution is 5.90. The first kappa shape index (κ1) is 18.3. The van der Waals surface area contributed by atoms with Crippen LogP contribution in [0.1, 0.15) is 25.0 Å². The molecule has 0 aliphatic carbocycles. The molecule has 0 aromatic heterocycles. The van der Waals surface area contributed by atoms with Crippen molar-refractivity contribution in [2.45, 2.75) is 33.7 Å². The van der Waals surface area contributed by atoms with E-state index < -0.39 is 4.92 Å². The van der Waals surface area contributed by atoms with Gasteiger partial charge >= 0.3 is 6.03 Å². The van der Waals surface area contributed by atoms with Crippen molar-refractivity contribution in [3.8, 4) is 11.5 Å². The zero-order valence-corrected chi connectivity index (χ0v) is 14.6. The molecule has 0 bridgehead atoms. The van der Waals surface area contributed by atoms with Gasteiger partial charge in [-0.05, 0) is 63.1 Å². The monoisotopic (exact) mass is 343 g/mol. The van der Waals surface area contributed by atoms with Crippen molar-refractivity contribution < 1.29 is 14.5 Å². The number of nitro groups is 1. The number of hydrogen-bond acceptors (Lipinski definition) is 4. The van der Waals surface area contributed by atoms with Crippen molar-refractivity contribution in [1.29, 1.82) is 0 Å². The Bertz CT molecular complexity index is 786. The van der Waals surface area contributed by atoms with Crippen LogP contribution in [0.15, 0.2) is 36.4 Å². The number of aryl methyl sites for hydroxylation is 2. The van der Waals surface area contributed by atoms with Crippen LogP contribution in [0, 0.1) is 24.0 Å². The maximum atomic E-state index is 11.8. The molecule has 2 aromatic rings. The van der Waals surface area contributed by atoms with Gasteiger partial charge in [0, 0.05) is 23.9 Å². The van der Waals surface area contributed by atoms with Crippen molar-refractivity contribution in [2.75, 3.05) is 5.32 Å². The molecule has 0 saturated carbocycles. The Kier molecular flexibility index (Phi) is 5.59. The van der Waals surface area contributed by atoms with Crippen molar-refractivity contribution in [1.82, 2.24) is 5.32 Å². The van der Waals surface area contributed by atoms with Gasteiger partial charge in [-0.3, -0.25) is 10.1 Å². The van der Waals surface area contributed by atoms with E-state index in [0.29, 0.717) is 17.2 Å². The van der Waals surface area contributed by atoms with Crippen LogP contribution in [0.3, 0.4) is 0 Å². The molecule has 2 aromatic carbocycles. The van der Waals surface area contributed by atoms with Crippen LogP contribution < -0.4 is 15.4 Å². The molecule has 25 heavy (non-hydrogen) atoms. The molecule has 2 N–H and O–H groups in total. The molecule has 2 rings (SSSR count). The topological polar surface area (TPSA) is 93.5 Å². The van der Waals surface area contributed by atoms with Crippen LogP contribution in [-0.4, -0.2) is 17.0 Å². The molecular formula is C18H21N3O4. The molecule has 0 heterocycles. The van der Waals surface area contributed by atoms with Crippen molar-refractivity contribution in [3.05, 3.63) is 57.6 Å². The second-order valence-electron chi connectivity index (χ2n) is 6.04. The number of urea groups is 1. The second kappa shape index (κ2) is 7.65. The molecule has 0 saturated heterocycles. The molecule has 132 valence electrons. The van der Waals surface area contributed by atoms with Crippen LogP contribution in [0.2, 0.25) is 0 Å². The summed E-state index contributed by atoms with van der Waals surface area (Å²) in [6, 6.07) is 9.32. The quantitative estimate of drug-likeness (QED) is 0.616. The van der Waals surface area contributed by atoms with Crippen LogP contribution in [0.25, 0.3) is 0 Å². The lowest BCUT2D eigenvalue weighted by molar-refractivity contribution is -0.384. The summed E-state index contributed by atoms with van der Waals surface area (Å²) in [7, 11) is 0. The molecule has 0 aliphatic heterocycles. The number of rotatable bonds is 5. The third-order valence-electron chi connectivity index (χ3n) is 3.47. The number of amides is 2. The van der Waals surface area contributed by atoms with Gasteiger partial charge < -0.3 is 15.4 Å². The number of ether oxygens (including phenoxy) is 1. The first-order chi connectivity index (χ1) is 11.8. The predicted molar refractivity (Wildman–Crippen MR) is 96.4 cm³/mol. The fourth-order valence-corrected chi connectivity index (χ4v) is 2.22. The van der Waals surface area contributed by atoms with E-state index in [1.54, 1.807) is 12.1 Å². The lowest BCUT2D eigenvalue weighted by atomic mass is 10.1. The predicted octanol–water partition coefficient (Wildman–Crippen LogP) is 4.53. The summed E-state index contributed by atoms with van der Waals surface area (Å²) in [5.41, 5.74) is 2.40. The zero-order valence-electron chi connectivity index (χ0n) is 14.6. The number of benzene rings is 2. The van der Waals surface area contributed by atoms with Crippen LogP contribution in [0.5, 0.6) is 11.5 Å².